The van der Waals surface area contributed by atoms with Gasteiger partial charge in [-0.3, -0.25) is 0 Å². The Bertz CT molecular complexity index is 301. The summed E-state index contributed by atoms with van der Waals surface area (Å²) in [5.74, 6) is 0. The van der Waals surface area contributed by atoms with Crippen molar-refractivity contribution in [1.82, 2.24) is 14.9 Å². The Hall–Kier alpha value is -1.04. The van der Waals surface area contributed by atoms with Gasteiger partial charge in [-0.1, -0.05) is 6.92 Å². The van der Waals surface area contributed by atoms with Gasteiger partial charge in [0.05, 0.1) is 13.2 Å². The average Bonchev–Trinajstić information content (AvgIpc) is 2.30. The molecule has 90 valence electrons. The van der Waals surface area contributed by atoms with E-state index in [-0.39, 0.29) is 13.2 Å². The van der Waals surface area contributed by atoms with Crippen molar-refractivity contribution in [3.05, 3.63) is 24.3 Å². The van der Waals surface area contributed by atoms with Crippen molar-refractivity contribution >= 4 is 0 Å². The molecule has 0 amide bonds. The van der Waals surface area contributed by atoms with Gasteiger partial charge in [0.1, 0.15) is 6.33 Å². The molecule has 0 aliphatic rings. The SMILES string of the molecule is CN(Cc1cncnc1)CC(C)(CO)CO. The lowest BCUT2D eigenvalue weighted by atomic mass is 9.92. The van der Waals surface area contributed by atoms with E-state index in [2.05, 4.69) is 9.97 Å². The highest BCUT2D eigenvalue weighted by Crippen LogP contribution is 2.16. The van der Waals surface area contributed by atoms with Crippen molar-refractivity contribution in [2.45, 2.75) is 13.5 Å². The van der Waals surface area contributed by atoms with Crippen molar-refractivity contribution in [2.75, 3.05) is 26.8 Å². The molecule has 1 aromatic heterocycles. The molecule has 1 rings (SSSR count). The van der Waals surface area contributed by atoms with Gasteiger partial charge in [0.15, 0.2) is 0 Å². The molecule has 2 N–H and O–H groups in total. The van der Waals surface area contributed by atoms with Crippen molar-refractivity contribution in [1.29, 1.82) is 0 Å². The van der Waals surface area contributed by atoms with Gasteiger partial charge in [-0.2, -0.15) is 0 Å². The Kier molecular flexibility index (Phi) is 4.79. The fraction of sp³-hybridized carbons (Fsp3) is 0.636. The van der Waals surface area contributed by atoms with Crippen LogP contribution in [0.2, 0.25) is 0 Å². The summed E-state index contributed by atoms with van der Waals surface area (Å²) in [6.45, 7) is 3.12. The smallest absolute Gasteiger partial charge is 0.115 e. The Morgan fingerprint density at radius 1 is 1.25 bits per heavy atom. The number of hydrogen-bond donors (Lipinski definition) is 2. The summed E-state index contributed by atoms with van der Waals surface area (Å²) in [4.78, 5) is 9.91. The lowest BCUT2D eigenvalue weighted by Gasteiger charge is -2.30. The average molecular weight is 225 g/mol. The Labute approximate surface area is 95.8 Å². The van der Waals surface area contributed by atoms with Crippen LogP contribution in [0.4, 0.5) is 0 Å². The number of rotatable bonds is 6. The highest BCUT2D eigenvalue weighted by molar-refractivity contribution is 5.01. The van der Waals surface area contributed by atoms with Gasteiger partial charge in [-0.15, -0.1) is 0 Å². The summed E-state index contributed by atoms with van der Waals surface area (Å²) in [5, 5.41) is 18.4. The van der Waals surface area contributed by atoms with Gasteiger partial charge in [-0.25, -0.2) is 9.97 Å². The monoisotopic (exact) mass is 225 g/mol. The van der Waals surface area contributed by atoms with Crippen LogP contribution >= 0.6 is 0 Å². The van der Waals surface area contributed by atoms with Gasteiger partial charge in [0, 0.05) is 36.5 Å². The summed E-state index contributed by atoms with van der Waals surface area (Å²) in [6.07, 6.45) is 5.02. The maximum atomic E-state index is 9.19. The van der Waals surface area contributed by atoms with Crippen LogP contribution in [-0.2, 0) is 6.54 Å². The third-order valence-electron chi connectivity index (χ3n) is 2.48. The van der Waals surface area contributed by atoms with E-state index in [4.69, 9.17) is 0 Å². The number of hydrogen-bond acceptors (Lipinski definition) is 5. The molecule has 0 unspecified atom stereocenters. The van der Waals surface area contributed by atoms with Crippen LogP contribution in [0.1, 0.15) is 12.5 Å². The van der Waals surface area contributed by atoms with E-state index in [0.717, 1.165) is 5.56 Å². The third kappa shape index (κ3) is 3.84. The quantitative estimate of drug-likeness (QED) is 0.707. The Morgan fingerprint density at radius 2 is 1.81 bits per heavy atom. The van der Waals surface area contributed by atoms with E-state index in [9.17, 15) is 10.2 Å². The lowest BCUT2D eigenvalue weighted by Crippen LogP contribution is -2.38. The third-order valence-corrected chi connectivity index (χ3v) is 2.48. The molecule has 1 heterocycles. The van der Waals surface area contributed by atoms with Crippen molar-refractivity contribution in [3.63, 3.8) is 0 Å². The van der Waals surface area contributed by atoms with Gasteiger partial charge >= 0.3 is 0 Å². The molecule has 0 spiro atoms. The molecule has 0 bridgehead atoms. The summed E-state index contributed by atoms with van der Waals surface area (Å²) in [7, 11) is 1.94. The maximum Gasteiger partial charge on any atom is 0.115 e. The fourth-order valence-corrected chi connectivity index (χ4v) is 1.58. The van der Waals surface area contributed by atoms with Crippen LogP contribution in [0.3, 0.4) is 0 Å². The minimum atomic E-state index is -0.468. The standard InChI is InChI=1S/C11H19N3O2/c1-11(7-15,8-16)6-14(2)5-10-3-12-9-13-4-10/h3-4,9,15-16H,5-8H2,1-2H3. The van der Waals surface area contributed by atoms with E-state index < -0.39 is 5.41 Å². The molecule has 0 fully saturated rings. The molecular weight excluding hydrogens is 206 g/mol. The number of aliphatic hydroxyl groups excluding tert-OH is 2. The molecule has 0 aliphatic carbocycles. The molecule has 0 aliphatic heterocycles. The van der Waals surface area contributed by atoms with Crippen LogP contribution < -0.4 is 0 Å². The van der Waals surface area contributed by atoms with Gasteiger partial charge in [0.2, 0.25) is 0 Å². The first kappa shape index (κ1) is 13.0. The molecule has 0 saturated heterocycles. The summed E-state index contributed by atoms with van der Waals surface area (Å²) in [5.41, 5.74) is 0.549. The predicted octanol–water partition coefficient (Wildman–Crippen LogP) is -0.101. The zero-order chi connectivity index (χ0) is 12.0. The Balaban J connectivity index is 2.50. The first-order valence-electron chi connectivity index (χ1n) is 5.24. The molecule has 16 heavy (non-hydrogen) atoms. The zero-order valence-electron chi connectivity index (χ0n) is 9.80. The van der Waals surface area contributed by atoms with Crippen LogP contribution in [-0.4, -0.2) is 51.9 Å². The first-order chi connectivity index (χ1) is 7.59. The highest BCUT2D eigenvalue weighted by Gasteiger charge is 2.24. The topological polar surface area (TPSA) is 69.5 Å². The molecule has 1 aromatic rings. The number of aliphatic hydroxyl groups is 2. The van der Waals surface area contributed by atoms with Gasteiger partial charge in [-0.05, 0) is 7.05 Å². The second kappa shape index (κ2) is 5.89. The molecule has 0 aromatic carbocycles. The van der Waals surface area contributed by atoms with Crippen LogP contribution in [0.25, 0.3) is 0 Å². The number of aromatic nitrogens is 2. The summed E-state index contributed by atoms with van der Waals surface area (Å²) in [6, 6.07) is 0. The van der Waals surface area contributed by atoms with Crippen LogP contribution in [0.15, 0.2) is 18.7 Å². The largest absolute Gasteiger partial charge is 0.396 e. The molecular formula is C11H19N3O2. The van der Waals surface area contributed by atoms with Gasteiger partial charge < -0.3 is 15.1 Å². The predicted molar refractivity (Wildman–Crippen MR) is 60.6 cm³/mol. The van der Waals surface area contributed by atoms with E-state index in [1.54, 1.807) is 12.4 Å². The van der Waals surface area contributed by atoms with Crippen LogP contribution in [0, 0.1) is 5.41 Å². The lowest BCUT2D eigenvalue weighted by molar-refractivity contribution is 0.0401. The van der Waals surface area contributed by atoms with Crippen LogP contribution in [0.5, 0.6) is 0 Å². The minimum absolute atomic E-state index is 0.0286. The Morgan fingerprint density at radius 3 is 2.31 bits per heavy atom. The van der Waals surface area contributed by atoms with E-state index in [1.807, 2.05) is 18.9 Å². The molecule has 0 saturated carbocycles. The highest BCUT2D eigenvalue weighted by atomic mass is 16.3. The van der Waals surface area contributed by atoms with E-state index >= 15 is 0 Å². The maximum absolute atomic E-state index is 9.19. The normalized spacial score (nSPS) is 12.1. The van der Waals surface area contributed by atoms with Gasteiger partial charge in [0.25, 0.3) is 0 Å². The van der Waals surface area contributed by atoms with Crippen molar-refractivity contribution in [3.8, 4) is 0 Å². The van der Waals surface area contributed by atoms with E-state index in [0.29, 0.717) is 13.1 Å². The zero-order valence-corrected chi connectivity index (χ0v) is 9.80. The second-order valence-corrected chi connectivity index (χ2v) is 4.55. The molecule has 5 heteroatoms. The molecule has 0 radical (unpaired) electrons. The van der Waals surface area contributed by atoms with Crippen molar-refractivity contribution < 1.29 is 10.2 Å². The summed E-state index contributed by atoms with van der Waals surface area (Å²) >= 11 is 0. The van der Waals surface area contributed by atoms with E-state index in [1.165, 1.54) is 6.33 Å². The minimum Gasteiger partial charge on any atom is -0.396 e. The summed E-state index contributed by atoms with van der Waals surface area (Å²) < 4.78 is 0. The molecule has 0 atom stereocenters. The van der Waals surface area contributed by atoms with Crippen molar-refractivity contribution in [2.24, 2.45) is 5.41 Å². The first-order valence-corrected chi connectivity index (χ1v) is 5.24. The number of nitrogens with zero attached hydrogens (tertiary/aromatic N) is 3. The fourth-order valence-electron chi connectivity index (χ4n) is 1.58. The second-order valence-electron chi connectivity index (χ2n) is 4.55. The molecule has 5 nitrogen and oxygen atoms in total.